The van der Waals surface area contributed by atoms with Gasteiger partial charge in [0.25, 0.3) is 5.91 Å². The Morgan fingerprint density at radius 3 is 2.59 bits per heavy atom. The zero-order chi connectivity index (χ0) is 27.1. The summed E-state index contributed by atoms with van der Waals surface area (Å²) in [4.78, 5) is 45.1. The first-order valence-corrected chi connectivity index (χ1v) is 14.4. The van der Waals surface area contributed by atoms with Crippen LogP contribution in [0.25, 0.3) is 0 Å². The molecule has 1 spiro atoms. The Morgan fingerprint density at radius 2 is 2.00 bits per heavy atom. The molecule has 9 heteroatoms. The number of thioether (sulfide) groups is 1. The van der Waals surface area contributed by atoms with Gasteiger partial charge in [0, 0.05) is 22.3 Å². The van der Waals surface area contributed by atoms with Crippen LogP contribution in [0.5, 0.6) is 0 Å². The van der Waals surface area contributed by atoms with Crippen molar-refractivity contribution < 1.29 is 24.2 Å². The first-order chi connectivity index (χ1) is 17.6. The first-order valence-electron chi connectivity index (χ1n) is 12.7. The van der Waals surface area contributed by atoms with Crippen LogP contribution in [0.1, 0.15) is 30.9 Å². The number of rotatable bonds is 10. The van der Waals surface area contributed by atoms with Crippen molar-refractivity contribution in [3.05, 3.63) is 54.6 Å². The lowest BCUT2D eigenvalue weighted by Gasteiger charge is -2.39. The summed E-state index contributed by atoms with van der Waals surface area (Å²) in [5.41, 5.74) is 2.69. The summed E-state index contributed by atoms with van der Waals surface area (Å²) in [6.07, 6.45) is 4.45. The van der Waals surface area contributed by atoms with E-state index in [1.54, 1.807) is 35.7 Å². The van der Waals surface area contributed by atoms with E-state index in [0.717, 1.165) is 16.8 Å². The number of ether oxygens (including phenoxy) is 1. The number of halogens is 1. The maximum absolute atomic E-state index is 14.6. The molecule has 1 aromatic carbocycles. The molecule has 3 aliphatic heterocycles. The monoisotopic (exact) mass is 590 g/mol. The number of amides is 2. The summed E-state index contributed by atoms with van der Waals surface area (Å²) in [6.45, 7) is 13.4. The largest absolute Gasteiger partial charge is 0.465 e. The van der Waals surface area contributed by atoms with Crippen LogP contribution in [-0.2, 0) is 19.1 Å². The lowest BCUT2D eigenvalue weighted by molar-refractivity contribution is -0.154. The molecule has 3 unspecified atom stereocenters. The molecule has 4 rings (SSSR count). The molecule has 1 aromatic rings. The van der Waals surface area contributed by atoms with Gasteiger partial charge in [-0.3, -0.25) is 14.4 Å². The Morgan fingerprint density at radius 1 is 1.32 bits per heavy atom. The van der Waals surface area contributed by atoms with Crippen molar-refractivity contribution in [1.29, 1.82) is 0 Å². The fourth-order valence-corrected chi connectivity index (χ4v) is 9.90. The van der Waals surface area contributed by atoms with Crippen molar-refractivity contribution in [2.24, 2.45) is 11.8 Å². The van der Waals surface area contributed by atoms with E-state index in [-0.39, 0.29) is 41.6 Å². The number of hydrogen-bond donors (Lipinski definition) is 1. The van der Waals surface area contributed by atoms with Crippen LogP contribution >= 0.6 is 27.7 Å². The standard InChI is InChI=1S/C28H35BrN2O5S/c1-6-8-13-36-27(35)20-21-25(33)31(18(5)15-32)24(28(21)14-19(29)23(20)37-28)26(34)30(12-7-2)22-16(3)10-9-11-17(22)4/h6-7,9-11,18-21,23-24,32H,1-2,8,12-15H2,3-5H3/t18-,19?,20-,21+,23-,24?,28?/m1/s1. The third kappa shape index (κ3) is 4.46. The van der Waals surface area contributed by atoms with E-state index in [0.29, 0.717) is 12.8 Å². The third-order valence-electron chi connectivity index (χ3n) is 7.83. The molecule has 7 nitrogen and oxygen atoms in total. The zero-order valence-corrected chi connectivity index (χ0v) is 24.0. The summed E-state index contributed by atoms with van der Waals surface area (Å²) < 4.78 is 4.74. The molecule has 2 amide bonds. The third-order valence-corrected chi connectivity index (χ3v) is 11.0. The van der Waals surface area contributed by atoms with E-state index in [2.05, 4.69) is 29.1 Å². The number of nitrogens with zero attached hydrogens (tertiary/aromatic N) is 2. The number of aryl methyl sites for hydroxylation is 2. The van der Waals surface area contributed by atoms with Crippen molar-refractivity contribution in [2.75, 3.05) is 24.7 Å². The second kappa shape index (κ2) is 10.9. The van der Waals surface area contributed by atoms with Gasteiger partial charge < -0.3 is 19.6 Å². The number of aliphatic hydroxyl groups excluding tert-OH is 1. The first kappa shape index (κ1) is 27.9. The Hall–Kier alpha value is -2.10. The van der Waals surface area contributed by atoms with Crippen molar-refractivity contribution in [2.45, 2.75) is 60.5 Å². The quantitative estimate of drug-likeness (QED) is 0.193. The molecule has 1 N–H and O–H groups in total. The van der Waals surface area contributed by atoms with Gasteiger partial charge in [-0.1, -0.05) is 46.3 Å². The fourth-order valence-electron chi connectivity index (χ4n) is 6.32. The highest BCUT2D eigenvalue weighted by Crippen LogP contribution is 2.68. The number of fused-ring (bicyclic) bond motifs is 1. The topological polar surface area (TPSA) is 87.2 Å². The molecule has 0 saturated carbocycles. The maximum Gasteiger partial charge on any atom is 0.310 e. The van der Waals surface area contributed by atoms with Crippen LogP contribution in [-0.4, -0.2) is 74.5 Å². The molecule has 200 valence electrons. The van der Waals surface area contributed by atoms with E-state index in [9.17, 15) is 19.5 Å². The van der Waals surface area contributed by atoms with Gasteiger partial charge in [0.1, 0.15) is 6.04 Å². The molecule has 2 bridgehead atoms. The zero-order valence-electron chi connectivity index (χ0n) is 21.6. The maximum atomic E-state index is 14.6. The number of anilines is 1. The second-order valence-electron chi connectivity index (χ2n) is 10.2. The molecule has 37 heavy (non-hydrogen) atoms. The number of carbonyl (C=O) groups is 3. The highest BCUT2D eigenvalue weighted by Gasteiger charge is 2.76. The Labute approximate surface area is 231 Å². The molecule has 3 saturated heterocycles. The van der Waals surface area contributed by atoms with Crippen LogP contribution in [0.15, 0.2) is 43.5 Å². The molecule has 3 heterocycles. The number of alkyl halides is 1. The van der Waals surface area contributed by atoms with Crippen LogP contribution in [0.3, 0.4) is 0 Å². The molecule has 3 fully saturated rings. The molecular weight excluding hydrogens is 556 g/mol. The number of likely N-dealkylation sites (tertiary alicyclic amines) is 1. The Kier molecular flexibility index (Phi) is 8.26. The molecule has 0 aromatic heterocycles. The van der Waals surface area contributed by atoms with Crippen molar-refractivity contribution in [3.8, 4) is 0 Å². The number of benzene rings is 1. The van der Waals surface area contributed by atoms with Crippen LogP contribution in [0, 0.1) is 25.7 Å². The summed E-state index contributed by atoms with van der Waals surface area (Å²) >= 11 is 5.32. The number of esters is 1. The average Bonchev–Trinajstić information content (AvgIpc) is 3.46. The smallest absolute Gasteiger partial charge is 0.310 e. The summed E-state index contributed by atoms with van der Waals surface area (Å²) in [6, 6.07) is 4.44. The summed E-state index contributed by atoms with van der Waals surface area (Å²) in [7, 11) is 0. The van der Waals surface area contributed by atoms with E-state index >= 15 is 0 Å². The molecular formula is C28H35BrN2O5S. The lowest BCUT2D eigenvalue weighted by atomic mass is 9.71. The van der Waals surface area contributed by atoms with Crippen LogP contribution in [0.4, 0.5) is 5.69 Å². The van der Waals surface area contributed by atoms with Gasteiger partial charge in [-0.15, -0.1) is 24.9 Å². The van der Waals surface area contributed by atoms with Crippen molar-refractivity contribution >= 4 is 51.2 Å². The van der Waals surface area contributed by atoms with Crippen molar-refractivity contribution in [1.82, 2.24) is 4.90 Å². The number of para-hydroxylation sites is 1. The van der Waals surface area contributed by atoms with Gasteiger partial charge >= 0.3 is 5.97 Å². The minimum Gasteiger partial charge on any atom is -0.465 e. The van der Waals surface area contributed by atoms with Gasteiger partial charge in [0.05, 0.1) is 35.8 Å². The molecule has 3 aliphatic rings. The van der Waals surface area contributed by atoms with E-state index in [1.807, 2.05) is 32.0 Å². The average molecular weight is 592 g/mol. The summed E-state index contributed by atoms with van der Waals surface area (Å²) in [5.74, 6) is -2.26. The van der Waals surface area contributed by atoms with Crippen LogP contribution < -0.4 is 4.90 Å². The predicted octanol–water partition coefficient (Wildman–Crippen LogP) is 3.79. The van der Waals surface area contributed by atoms with Crippen molar-refractivity contribution in [3.63, 3.8) is 0 Å². The van der Waals surface area contributed by atoms with E-state index in [4.69, 9.17) is 4.74 Å². The number of hydrogen-bond acceptors (Lipinski definition) is 6. The predicted molar refractivity (Wildman–Crippen MR) is 150 cm³/mol. The van der Waals surface area contributed by atoms with E-state index < -0.39 is 34.6 Å². The van der Waals surface area contributed by atoms with Gasteiger partial charge in [-0.25, -0.2) is 0 Å². The number of carbonyl (C=O) groups excluding carboxylic acids is 3. The lowest BCUT2D eigenvalue weighted by Crippen LogP contribution is -2.57. The minimum atomic E-state index is -0.841. The molecule has 0 radical (unpaired) electrons. The second-order valence-corrected chi connectivity index (χ2v) is 12.9. The highest BCUT2D eigenvalue weighted by molar-refractivity contribution is 9.09. The number of aliphatic hydroxyl groups is 1. The Balaban J connectivity index is 1.81. The Bertz CT molecular complexity index is 1090. The normalized spacial score (nSPS) is 30.7. The fraction of sp³-hybridized carbons (Fsp3) is 0.536. The highest BCUT2D eigenvalue weighted by atomic mass is 79.9. The van der Waals surface area contributed by atoms with Gasteiger partial charge in [0.2, 0.25) is 5.91 Å². The van der Waals surface area contributed by atoms with Gasteiger partial charge in [-0.05, 0) is 44.7 Å². The van der Waals surface area contributed by atoms with Gasteiger partial charge in [-0.2, -0.15) is 0 Å². The molecule has 0 aliphatic carbocycles. The van der Waals surface area contributed by atoms with E-state index in [1.165, 1.54) is 4.90 Å². The SMILES string of the molecule is C=CCCOC(=O)[C@H]1[C@@H]2SC3(CC2Br)C(C(=O)N(CC=C)c2c(C)cccc2C)N([C@H](C)CO)C(=O)[C@H]13. The minimum absolute atomic E-state index is 0.0498. The molecule has 7 atom stereocenters. The summed E-state index contributed by atoms with van der Waals surface area (Å²) in [5, 5.41) is 9.93. The van der Waals surface area contributed by atoms with Crippen LogP contribution in [0.2, 0.25) is 0 Å². The van der Waals surface area contributed by atoms with Gasteiger partial charge in [0.15, 0.2) is 0 Å².